The van der Waals surface area contributed by atoms with Crippen LogP contribution < -0.4 is 0 Å². The maximum absolute atomic E-state index is 10.2. The van der Waals surface area contributed by atoms with Gasteiger partial charge in [-0.25, -0.2) is 4.98 Å². The third-order valence-corrected chi connectivity index (χ3v) is 3.78. The lowest BCUT2D eigenvalue weighted by Gasteiger charge is -2.14. The minimum absolute atomic E-state index is 0.825. The molecule has 0 spiro atoms. The van der Waals surface area contributed by atoms with E-state index in [0.717, 1.165) is 9.88 Å². The first-order valence-corrected chi connectivity index (χ1v) is 9.22. The van der Waals surface area contributed by atoms with E-state index in [4.69, 9.17) is 0 Å². The predicted molar refractivity (Wildman–Crippen MR) is 67.5 cm³/mol. The standard InChI is InChI=1S/C11H17NOSSi/c1-9-12-8-10(14-9)11(2,13)6-7-15(3,4)5/h8,13H,1-5H3. The van der Waals surface area contributed by atoms with Gasteiger partial charge < -0.3 is 5.11 Å². The van der Waals surface area contributed by atoms with Crippen LogP contribution in [0.1, 0.15) is 16.8 Å². The molecule has 0 saturated carbocycles. The largest absolute Gasteiger partial charge is 0.373 e. The Morgan fingerprint density at radius 1 is 1.47 bits per heavy atom. The van der Waals surface area contributed by atoms with E-state index >= 15 is 0 Å². The first kappa shape index (κ1) is 12.4. The van der Waals surface area contributed by atoms with Crippen LogP contribution in [0.5, 0.6) is 0 Å². The van der Waals surface area contributed by atoms with Crippen LogP contribution >= 0.6 is 11.3 Å². The third-order valence-electron chi connectivity index (χ3n) is 1.78. The Morgan fingerprint density at radius 2 is 2.07 bits per heavy atom. The summed E-state index contributed by atoms with van der Waals surface area (Å²) in [6, 6.07) is 0. The van der Waals surface area contributed by atoms with E-state index in [-0.39, 0.29) is 0 Å². The second-order valence-corrected chi connectivity index (χ2v) is 10.8. The van der Waals surface area contributed by atoms with Gasteiger partial charge in [-0.3, -0.25) is 0 Å². The molecule has 0 aliphatic carbocycles. The van der Waals surface area contributed by atoms with Crippen LogP contribution in [0.2, 0.25) is 19.6 Å². The van der Waals surface area contributed by atoms with Crippen LogP contribution in [-0.4, -0.2) is 18.2 Å². The van der Waals surface area contributed by atoms with Crippen molar-refractivity contribution in [1.29, 1.82) is 0 Å². The van der Waals surface area contributed by atoms with Crippen molar-refractivity contribution >= 4 is 19.4 Å². The van der Waals surface area contributed by atoms with Crippen molar-refractivity contribution in [2.45, 2.75) is 39.1 Å². The van der Waals surface area contributed by atoms with Gasteiger partial charge in [0.25, 0.3) is 0 Å². The zero-order valence-corrected chi connectivity index (χ0v) is 11.7. The summed E-state index contributed by atoms with van der Waals surface area (Å²) in [4.78, 5) is 4.95. The van der Waals surface area contributed by atoms with Gasteiger partial charge >= 0.3 is 0 Å². The van der Waals surface area contributed by atoms with Crippen LogP contribution in [0.25, 0.3) is 0 Å². The van der Waals surface area contributed by atoms with Gasteiger partial charge in [-0.2, -0.15) is 0 Å². The normalized spacial score (nSPS) is 15.3. The maximum atomic E-state index is 10.2. The molecular weight excluding hydrogens is 222 g/mol. The number of nitrogens with zero attached hydrogens (tertiary/aromatic N) is 1. The highest BCUT2D eigenvalue weighted by Gasteiger charge is 2.23. The molecule has 4 heteroatoms. The zero-order chi connectivity index (χ0) is 11.7. The maximum Gasteiger partial charge on any atom is 0.158 e. The summed E-state index contributed by atoms with van der Waals surface area (Å²) in [6.45, 7) is 10.1. The van der Waals surface area contributed by atoms with Crippen molar-refractivity contribution in [3.05, 3.63) is 16.1 Å². The van der Waals surface area contributed by atoms with E-state index in [0.29, 0.717) is 0 Å². The van der Waals surface area contributed by atoms with Gasteiger partial charge in [0, 0.05) is 6.20 Å². The highest BCUT2D eigenvalue weighted by molar-refractivity contribution is 7.11. The van der Waals surface area contributed by atoms with Crippen molar-refractivity contribution in [3.63, 3.8) is 0 Å². The fourth-order valence-electron chi connectivity index (χ4n) is 0.957. The zero-order valence-electron chi connectivity index (χ0n) is 9.88. The number of aromatic nitrogens is 1. The molecule has 82 valence electrons. The molecule has 15 heavy (non-hydrogen) atoms. The number of hydrogen-bond acceptors (Lipinski definition) is 3. The molecule has 0 aliphatic heterocycles. The van der Waals surface area contributed by atoms with E-state index in [2.05, 4.69) is 36.1 Å². The molecule has 0 aliphatic rings. The van der Waals surface area contributed by atoms with Crippen LogP contribution in [-0.2, 0) is 5.60 Å². The van der Waals surface area contributed by atoms with Gasteiger partial charge in [0.05, 0.1) is 9.88 Å². The molecule has 1 rings (SSSR count). The van der Waals surface area contributed by atoms with Gasteiger partial charge in [-0.15, -0.1) is 16.9 Å². The van der Waals surface area contributed by atoms with Crippen molar-refractivity contribution in [2.24, 2.45) is 0 Å². The molecule has 1 N–H and O–H groups in total. The van der Waals surface area contributed by atoms with Crippen LogP contribution in [0, 0.1) is 18.4 Å². The Bertz CT molecular complexity index is 406. The monoisotopic (exact) mass is 239 g/mol. The molecule has 0 fully saturated rings. The third kappa shape index (κ3) is 3.78. The average molecular weight is 239 g/mol. The molecule has 0 bridgehead atoms. The Morgan fingerprint density at radius 3 is 2.47 bits per heavy atom. The predicted octanol–water partition coefficient (Wildman–Crippen LogP) is 2.54. The summed E-state index contributed by atoms with van der Waals surface area (Å²) in [5.41, 5.74) is 2.14. The molecule has 1 aromatic rings. The minimum Gasteiger partial charge on any atom is -0.373 e. The fourth-order valence-corrected chi connectivity index (χ4v) is 2.35. The summed E-state index contributed by atoms with van der Waals surface area (Å²) in [7, 11) is -1.43. The molecule has 0 aromatic carbocycles. The Hall–Kier alpha value is -0.633. The number of thiazole rings is 1. The van der Waals surface area contributed by atoms with Gasteiger partial charge in [-0.1, -0.05) is 25.6 Å². The van der Waals surface area contributed by atoms with Crippen molar-refractivity contribution in [1.82, 2.24) is 4.98 Å². The summed E-state index contributed by atoms with van der Waals surface area (Å²) in [6.07, 6.45) is 1.71. The summed E-state index contributed by atoms with van der Waals surface area (Å²) in [5, 5.41) is 11.1. The lowest BCUT2D eigenvalue weighted by Crippen LogP contribution is -2.22. The van der Waals surface area contributed by atoms with Gasteiger partial charge in [-0.05, 0) is 13.8 Å². The molecule has 1 atom stereocenters. The summed E-state index contributed by atoms with van der Waals surface area (Å²) >= 11 is 1.50. The number of rotatable bonds is 1. The molecule has 0 saturated heterocycles. The number of hydrogen-bond donors (Lipinski definition) is 1. The molecule has 0 amide bonds. The van der Waals surface area contributed by atoms with Crippen molar-refractivity contribution in [3.8, 4) is 11.5 Å². The Balaban J connectivity index is 2.97. The second kappa shape index (κ2) is 4.09. The lowest BCUT2D eigenvalue weighted by molar-refractivity contribution is 0.126. The molecule has 1 unspecified atom stereocenters. The Labute approximate surface area is 96.4 Å². The van der Waals surface area contributed by atoms with Crippen molar-refractivity contribution < 1.29 is 5.11 Å². The Kier molecular flexibility index (Phi) is 3.39. The average Bonchev–Trinajstić information content (AvgIpc) is 2.48. The smallest absolute Gasteiger partial charge is 0.158 e. The molecular formula is C11H17NOSSi. The quantitative estimate of drug-likeness (QED) is 0.603. The van der Waals surface area contributed by atoms with E-state index in [9.17, 15) is 5.11 Å². The SMILES string of the molecule is Cc1ncc(C(C)(O)C#C[Si](C)(C)C)s1. The van der Waals surface area contributed by atoms with Gasteiger partial charge in [0.15, 0.2) is 5.60 Å². The highest BCUT2D eigenvalue weighted by Crippen LogP contribution is 2.25. The first-order chi connectivity index (χ1) is 6.71. The summed E-state index contributed by atoms with van der Waals surface area (Å²) < 4.78 is 0. The topological polar surface area (TPSA) is 33.1 Å². The molecule has 2 nitrogen and oxygen atoms in total. The molecule has 0 radical (unpaired) electrons. The van der Waals surface area contributed by atoms with Crippen LogP contribution in [0.4, 0.5) is 0 Å². The second-order valence-electron chi connectivity index (χ2n) is 4.82. The fraction of sp³-hybridized carbons (Fsp3) is 0.545. The van der Waals surface area contributed by atoms with E-state index in [1.54, 1.807) is 13.1 Å². The van der Waals surface area contributed by atoms with Crippen molar-refractivity contribution in [2.75, 3.05) is 0 Å². The molecule has 1 heterocycles. The first-order valence-electron chi connectivity index (χ1n) is 4.90. The van der Waals surface area contributed by atoms with E-state index in [1.165, 1.54) is 11.3 Å². The van der Waals surface area contributed by atoms with Gasteiger partial charge in [0.2, 0.25) is 0 Å². The van der Waals surface area contributed by atoms with E-state index < -0.39 is 13.7 Å². The van der Waals surface area contributed by atoms with Crippen LogP contribution in [0.15, 0.2) is 6.20 Å². The van der Waals surface area contributed by atoms with Gasteiger partial charge in [0.1, 0.15) is 8.07 Å². The van der Waals surface area contributed by atoms with Crippen LogP contribution in [0.3, 0.4) is 0 Å². The number of aryl methyl sites for hydroxylation is 1. The molecule has 1 aromatic heterocycles. The highest BCUT2D eigenvalue weighted by atomic mass is 32.1. The summed E-state index contributed by atoms with van der Waals surface area (Å²) in [5.74, 6) is 2.97. The lowest BCUT2D eigenvalue weighted by atomic mass is 10.1. The van der Waals surface area contributed by atoms with E-state index in [1.807, 2.05) is 6.92 Å². The number of aliphatic hydroxyl groups is 1. The minimum atomic E-state index is -1.43.